The van der Waals surface area contributed by atoms with E-state index < -0.39 is 0 Å². The highest BCUT2D eigenvalue weighted by Crippen LogP contribution is 2.32. The number of aromatic nitrogens is 1. The van der Waals surface area contributed by atoms with Crippen LogP contribution in [0.1, 0.15) is 16.5 Å². The van der Waals surface area contributed by atoms with Gasteiger partial charge in [-0.05, 0) is 41.3 Å². The minimum atomic E-state index is -0.226. The number of rotatable bonds is 3. The summed E-state index contributed by atoms with van der Waals surface area (Å²) in [5.41, 5.74) is 3.77. The molecule has 0 amide bonds. The van der Waals surface area contributed by atoms with Gasteiger partial charge >= 0.3 is 0 Å². The molecule has 0 saturated carbocycles. The molecule has 1 atom stereocenters. The van der Waals surface area contributed by atoms with Gasteiger partial charge in [0.1, 0.15) is 5.82 Å². The Morgan fingerprint density at radius 3 is 2.89 bits per heavy atom. The molecule has 0 aliphatic heterocycles. The summed E-state index contributed by atoms with van der Waals surface area (Å²) in [6.45, 7) is 0. The van der Waals surface area contributed by atoms with Gasteiger partial charge in [-0.15, -0.1) is 11.3 Å². The summed E-state index contributed by atoms with van der Waals surface area (Å²) in [5.74, 6) is 5.42. The largest absolute Gasteiger partial charge is 0.271 e. The third-order valence-electron chi connectivity index (χ3n) is 2.97. The maximum atomic E-state index is 13.2. The van der Waals surface area contributed by atoms with Gasteiger partial charge in [-0.25, -0.2) is 9.82 Å². The van der Waals surface area contributed by atoms with E-state index in [1.54, 1.807) is 29.8 Å². The van der Waals surface area contributed by atoms with Crippen molar-refractivity contribution in [1.29, 1.82) is 0 Å². The van der Waals surface area contributed by atoms with Crippen molar-refractivity contribution in [1.82, 2.24) is 10.4 Å². The molecule has 2 heterocycles. The van der Waals surface area contributed by atoms with Crippen molar-refractivity contribution in [3.8, 4) is 0 Å². The predicted octanol–water partition coefficient (Wildman–Crippen LogP) is 2.99. The molecule has 19 heavy (non-hydrogen) atoms. The number of benzene rings is 1. The van der Waals surface area contributed by atoms with E-state index in [0.717, 1.165) is 20.5 Å². The first-order valence-electron chi connectivity index (χ1n) is 5.83. The molecule has 0 fully saturated rings. The molecule has 0 saturated heterocycles. The molecule has 0 bridgehead atoms. The second-order valence-corrected chi connectivity index (χ2v) is 5.33. The number of pyridine rings is 1. The molecule has 3 rings (SSSR count). The summed E-state index contributed by atoms with van der Waals surface area (Å²) in [7, 11) is 0. The van der Waals surface area contributed by atoms with E-state index in [1.165, 1.54) is 12.1 Å². The topological polar surface area (TPSA) is 50.9 Å². The smallest absolute Gasteiger partial charge is 0.123 e. The van der Waals surface area contributed by atoms with Crippen molar-refractivity contribution in [2.24, 2.45) is 5.84 Å². The summed E-state index contributed by atoms with van der Waals surface area (Å²) in [6.07, 6.45) is 3.49. The molecule has 0 aliphatic carbocycles. The number of hydrogen-bond donors (Lipinski definition) is 2. The highest BCUT2D eigenvalue weighted by molar-refractivity contribution is 7.19. The van der Waals surface area contributed by atoms with Crippen molar-refractivity contribution in [3.05, 3.63) is 65.0 Å². The summed E-state index contributed by atoms with van der Waals surface area (Å²) in [4.78, 5) is 5.13. The van der Waals surface area contributed by atoms with Crippen LogP contribution in [0.4, 0.5) is 4.39 Å². The number of nitrogens with one attached hydrogen (secondary N) is 1. The second kappa shape index (κ2) is 5.05. The van der Waals surface area contributed by atoms with Crippen molar-refractivity contribution in [2.75, 3.05) is 0 Å². The van der Waals surface area contributed by atoms with E-state index in [0.29, 0.717) is 0 Å². The van der Waals surface area contributed by atoms with Crippen LogP contribution in [-0.2, 0) is 0 Å². The van der Waals surface area contributed by atoms with E-state index in [2.05, 4.69) is 10.4 Å². The van der Waals surface area contributed by atoms with Crippen LogP contribution >= 0.6 is 11.3 Å². The molecule has 5 heteroatoms. The molecule has 3 N–H and O–H groups in total. The molecule has 0 spiro atoms. The molecule has 0 radical (unpaired) electrons. The maximum Gasteiger partial charge on any atom is 0.123 e. The van der Waals surface area contributed by atoms with E-state index in [-0.39, 0.29) is 11.9 Å². The van der Waals surface area contributed by atoms with Gasteiger partial charge in [0.25, 0.3) is 0 Å². The molecule has 96 valence electrons. The third-order valence-corrected chi connectivity index (χ3v) is 4.15. The summed E-state index contributed by atoms with van der Waals surface area (Å²) in [5, 5.41) is 0.893. The lowest BCUT2D eigenvalue weighted by atomic mass is 10.1. The lowest BCUT2D eigenvalue weighted by Crippen LogP contribution is -2.28. The van der Waals surface area contributed by atoms with Gasteiger partial charge in [-0.3, -0.25) is 10.8 Å². The average molecular weight is 273 g/mol. The quantitative estimate of drug-likeness (QED) is 0.570. The van der Waals surface area contributed by atoms with E-state index in [4.69, 9.17) is 5.84 Å². The van der Waals surface area contributed by atoms with Gasteiger partial charge in [0.15, 0.2) is 0 Å². The number of halogens is 1. The fraction of sp³-hybridized carbons (Fsp3) is 0.0714. The SMILES string of the molecule is NNC(c1cccnc1)c1cc2cc(F)ccc2s1. The second-order valence-electron chi connectivity index (χ2n) is 4.22. The minimum Gasteiger partial charge on any atom is -0.271 e. The predicted molar refractivity (Wildman–Crippen MR) is 75.2 cm³/mol. The molecule has 1 aromatic carbocycles. The monoisotopic (exact) mass is 273 g/mol. The molecule has 3 aromatic rings. The highest BCUT2D eigenvalue weighted by Gasteiger charge is 2.15. The summed E-state index contributed by atoms with van der Waals surface area (Å²) < 4.78 is 14.2. The molecular formula is C14H12FN3S. The number of nitrogens with zero attached hydrogens (tertiary/aromatic N) is 1. The van der Waals surface area contributed by atoms with Crippen LogP contribution in [-0.4, -0.2) is 4.98 Å². The van der Waals surface area contributed by atoms with E-state index in [1.807, 2.05) is 18.2 Å². The number of hydrazine groups is 1. The van der Waals surface area contributed by atoms with Crippen LogP contribution in [0.25, 0.3) is 10.1 Å². The lowest BCUT2D eigenvalue weighted by molar-refractivity contribution is 0.629. The first-order valence-corrected chi connectivity index (χ1v) is 6.64. The van der Waals surface area contributed by atoms with Crippen LogP contribution in [0, 0.1) is 5.82 Å². The van der Waals surface area contributed by atoms with Gasteiger partial charge in [0.05, 0.1) is 6.04 Å². The Morgan fingerprint density at radius 2 is 2.16 bits per heavy atom. The van der Waals surface area contributed by atoms with E-state index in [9.17, 15) is 4.39 Å². The fourth-order valence-corrected chi connectivity index (χ4v) is 3.20. The highest BCUT2D eigenvalue weighted by atomic mass is 32.1. The summed E-state index contributed by atoms with van der Waals surface area (Å²) >= 11 is 1.60. The minimum absolute atomic E-state index is 0.130. The Kier molecular flexibility index (Phi) is 3.25. The van der Waals surface area contributed by atoms with Crippen molar-refractivity contribution in [3.63, 3.8) is 0 Å². The zero-order chi connectivity index (χ0) is 13.2. The zero-order valence-corrected chi connectivity index (χ0v) is 10.8. The Bertz CT molecular complexity index is 696. The van der Waals surface area contributed by atoms with Gasteiger partial charge in [0.2, 0.25) is 0 Å². The first-order chi connectivity index (χ1) is 9.28. The van der Waals surface area contributed by atoms with Crippen LogP contribution in [0.3, 0.4) is 0 Å². The van der Waals surface area contributed by atoms with Crippen LogP contribution in [0.5, 0.6) is 0 Å². The van der Waals surface area contributed by atoms with Crippen LogP contribution in [0.2, 0.25) is 0 Å². The Labute approximate surface area is 113 Å². The number of nitrogens with two attached hydrogens (primary N) is 1. The van der Waals surface area contributed by atoms with Gasteiger partial charge in [-0.1, -0.05) is 6.07 Å². The van der Waals surface area contributed by atoms with Crippen molar-refractivity contribution < 1.29 is 4.39 Å². The van der Waals surface area contributed by atoms with Crippen LogP contribution in [0.15, 0.2) is 48.8 Å². The Hall–Kier alpha value is -1.82. The molecule has 0 aliphatic rings. The molecule has 3 nitrogen and oxygen atoms in total. The van der Waals surface area contributed by atoms with E-state index >= 15 is 0 Å². The average Bonchev–Trinajstić information content (AvgIpc) is 2.83. The van der Waals surface area contributed by atoms with Crippen molar-refractivity contribution in [2.45, 2.75) is 6.04 Å². The Morgan fingerprint density at radius 1 is 1.26 bits per heavy atom. The molecular weight excluding hydrogens is 261 g/mol. The fourth-order valence-electron chi connectivity index (χ4n) is 2.07. The van der Waals surface area contributed by atoms with Gasteiger partial charge in [0, 0.05) is 22.0 Å². The summed E-state index contributed by atoms with van der Waals surface area (Å²) in [6, 6.07) is 10.4. The Balaban J connectivity index is 2.07. The zero-order valence-electron chi connectivity index (χ0n) is 10.0. The van der Waals surface area contributed by atoms with Gasteiger partial charge < -0.3 is 0 Å². The van der Waals surface area contributed by atoms with Crippen molar-refractivity contribution >= 4 is 21.4 Å². The number of fused-ring (bicyclic) bond motifs is 1. The first kappa shape index (κ1) is 12.2. The lowest BCUT2D eigenvalue weighted by Gasteiger charge is -2.13. The number of thiophene rings is 1. The standard InChI is InChI=1S/C14H12FN3S/c15-11-3-4-12-10(6-11)7-13(19-12)14(18-16)9-2-1-5-17-8-9/h1-8,14,18H,16H2. The normalized spacial score (nSPS) is 12.7. The third kappa shape index (κ3) is 2.35. The molecule has 1 unspecified atom stereocenters. The molecule has 2 aromatic heterocycles. The maximum absolute atomic E-state index is 13.2. The van der Waals surface area contributed by atoms with Gasteiger partial charge in [-0.2, -0.15) is 0 Å². The van der Waals surface area contributed by atoms with Crippen LogP contribution < -0.4 is 11.3 Å². The number of hydrogen-bond acceptors (Lipinski definition) is 4.